The second kappa shape index (κ2) is 9.75. The summed E-state index contributed by atoms with van der Waals surface area (Å²) >= 11 is 0. The molecule has 25 heavy (non-hydrogen) atoms. The van der Waals surface area contributed by atoms with Gasteiger partial charge in [0.2, 0.25) is 11.4 Å². The van der Waals surface area contributed by atoms with Gasteiger partial charge in [-0.15, -0.1) is 0 Å². The largest absolute Gasteiger partial charge is 0.464 e. The molecule has 0 unspecified atom stereocenters. The van der Waals surface area contributed by atoms with E-state index in [1.807, 2.05) is 0 Å². The Morgan fingerprint density at radius 3 is 2.16 bits per heavy atom. The van der Waals surface area contributed by atoms with Gasteiger partial charge in [0.15, 0.2) is 0 Å². The molecular weight excluding hydrogens is 380 g/mol. The molecule has 1 aliphatic heterocycles. The number of carbonyl (C=O) groups excluding carboxylic acids is 2. The fourth-order valence-electron chi connectivity index (χ4n) is 2.09. The monoisotopic (exact) mass is 403 g/mol. The maximum absolute atomic E-state index is 11.6. The van der Waals surface area contributed by atoms with Gasteiger partial charge in [-0.25, -0.2) is 0 Å². The van der Waals surface area contributed by atoms with Gasteiger partial charge < -0.3 is 34.9 Å². The lowest BCUT2D eigenvalue weighted by atomic mass is 10.3. The Balaban J connectivity index is 2.31. The number of hydrogen-bond donors (Lipinski definition) is 6. The van der Waals surface area contributed by atoms with Crippen LogP contribution in [-0.4, -0.2) is 81.2 Å². The molecule has 0 aromatic carbocycles. The lowest BCUT2D eigenvalue weighted by Gasteiger charge is -2.26. The molecule has 0 aliphatic carbocycles. The average molecular weight is 403 g/mol. The molecule has 0 atom stereocenters. The molecular formula is C11H23N3O9P2. The number of amides is 1. The number of carbonyl (C=O) groups is 2. The molecule has 1 heterocycles. The van der Waals surface area contributed by atoms with Crippen molar-refractivity contribution in [1.82, 2.24) is 15.5 Å². The van der Waals surface area contributed by atoms with Crippen LogP contribution in [-0.2, 0) is 23.5 Å². The third-order valence-electron chi connectivity index (χ3n) is 3.36. The number of piperazine rings is 1. The zero-order valence-electron chi connectivity index (χ0n) is 13.4. The van der Waals surface area contributed by atoms with Crippen molar-refractivity contribution in [2.75, 3.05) is 39.3 Å². The minimum Gasteiger partial charge on any atom is -0.464 e. The minimum atomic E-state index is -5.25. The first-order chi connectivity index (χ1) is 11.5. The molecule has 1 fully saturated rings. The highest BCUT2D eigenvalue weighted by molar-refractivity contribution is 7.70. The first-order valence-corrected chi connectivity index (χ1v) is 10.8. The first kappa shape index (κ1) is 22.2. The normalized spacial score (nSPS) is 16.7. The Morgan fingerprint density at radius 2 is 1.64 bits per heavy atom. The standard InChI is InChI=1S/C11H23N3O9P2/c15-9(13-11(24(17,18)19)25(20,21)22)1-2-10(16)23-8-7-14-5-3-12-4-6-14/h11-12H,1-8H2,(H,13,15)(H2,17,18,19)(H2,20,21,22). The van der Waals surface area contributed by atoms with Gasteiger partial charge in [-0.3, -0.25) is 23.6 Å². The molecule has 0 radical (unpaired) electrons. The van der Waals surface area contributed by atoms with Crippen molar-refractivity contribution < 1.29 is 43.0 Å². The molecule has 6 N–H and O–H groups in total. The highest BCUT2D eigenvalue weighted by Gasteiger charge is 2.44. The molecule has 1 saturated heterocycles. The van der Waals surface area contributed by atoms with Crippen LogP contribution in [0.15, 0.2) is 0 Å². The molecule has 12 nitrogen and oxygen atoms in total. The minimum absolute atomic E-state index is 0.147. The van der Waals surface area contributed by atoms with E-state index in [0.717, 1.165) is 26.2 Å². The first-order valence-electron chi connectivity index (χ1n) is 7.48. The lowest BCUT2D eigenvalue weighted by Crippen LogP contribution is -2.44. The highest BCUT2D eigenvalue weighted by atomic mass is 31.2. The molecule has 0 spiro atoms. The number of esters is 1. The van der Waals surface area contributed by atoms with Crippen molar-refractivity contribution in [3.8, 4) is 0 Å². The van der Waals surface area contributed by atoms with E-state index in [4.69, 9.17) is 24.3 Å². The van der Waals surface area contributed by atoms with E-state index in [2.05, 4.69) is 10.2 Å². The van der Waals surface area contributed by atoms with Gasteiger partial charge in [0.25, 0.3) is 0 Å². The maximum Gasteiger partial charge on any atom is 0.360 e. The molecule has 146 valence electrons. The van der Waals surface area contributed by atoms with Crippen molar-refractivity contribution in [2.45, 2.75) is 18.4 Å². The van der Waals surface area contributed by atoms with Crippen LogP contribution in [0, 0.1) is 0 Å². The maximum atomic E-state index is 11.6. The fraction of sp³-hybridized carbons (Fsp3) is 0.818. The third-order valence-corrected chi connectivity index (χ3v) is 6.70. The summed E-state index contributed by atoms with van der Waals surface area (Å²) < 4.78 is 27.0. The van der Waals surface area contributed by atoms with E-state index >= 15 is 0 Å². The average Bonchev–Trinajstić information content (AvgIpc) is 2.49. The number of ether oxygens (including phenoxy) is 1. The van der Waals surface area contributed by atoms with Crippen LogP contribution in [0.1, 0.15) is 12.8 Å². The zero-order valence-corrected chi connectivity index (χ0v) is 15.2. The predicted molar refractivity (Wildman–Crippen MR) is 85.5 cm³/mol. The van der Waals surface area contributed by atoms with E-state index in [-0.39, 0.29) is 13.0 Å². The fourth-order valence-corrected chi connectivity index (χ4v) is 4.28. The molecule has 1 aliphatic rings. The van der Waals surface area contributed by atoms with E-state index in [1.165, 1.54) is 0 Å². The summed E-state index contributed by atoms with van der Waals surface area (Å²) in [6.07, 6.45) is -0.884. The van der Waals surface area contributed by atoms with Crippen molar-refractivity contribution >= 4 is 27.1 Å². The second-order valence-electron chi connectivity index (χ2n) is 5.43. The Kier molecular flexibility index (Phi) is 8.66. The Morgan fingerprint density at radius 1 is 1.08 bits per heavy atom. The molecule has 0 bridgehead atoms. The molecule has 1 rings (SSSR count). The quantitative estimate of drug-likeness (QED) is 0.184. The van der Waals surface area contributed by atoms with Crippen molar-refractivity contribution in [1.29, 1.82) is 0 Å². The van der Waals surface area contributed by atoms with E-state index in [0.29, 0.717) is 6.54 Å². The van der Waals surface area contributed by atoms with Gasteiger partial charge in [-0.2, -0.15) is 0 Å². The van der Waals surface area contributed by atoms with Gasteiger partial charge in [-0.05, 0) is 0 Å². The van der Waals surface area contributed by atoms with Gasteiger partial charge >= 0.3 is 21.2 Å². The number of rotatable bonds is 9. The zero-order chi connectivity index (χ0) is 19.1. The SMILES string of the molecule is O=C(CCC(=O)OCCN1CCNCC1)NC(P(=O)(O)O)P(=O)(O)O. The third kappa shape index (κ3) is 8.89. The smallest absolute Gasteiger partial charge is 0.360 e. The summed E-state index contributed by atoms with van der Waals surface area (Å²) in [7, 11) is -10.5. The lowest BCUT2D eigenvalue weighted by molar-refractivity contribution is -0.145. The topological polar surface area (TPSA) is 186 Å². The summed E-state index contributed by atoms with van der Waals surface area (Å²) in [6.45, 7) is 4.09. The summed E-state index contributed by atoms with van der Waals surface area (Å²) in [4.78, 5) is 60.7. The van der Waals surface area contributed by atoms with E-state index < -0.39 is 39.0 Å². The van der Waals surface area contributed by atoms with Gasteiger partial charge in [-0.1, -0.05) is 0 Å². The van der Waals surface area contributed by atoms with Crippen molar-refractivity contribution in [3.63, 3.8) is 0 Å². The van der Waals surface area contributed by atoms with Crippen LogP contribution in [0.25, 0.3) is 0 Å². The molecule has 0 saturated carbocycles. The highest BCUT2D eigenvalue weighted by Crippen LogP contribution is 2.58. The predicted octanol–water partition coefficient (Wildman–Crippen LogP) is -2.03. The van der Waals surface area contributed by atoms with Crippen LogP contribution in [0.5, 0.6) is 0 Å². The summed E-state index contributed by atoms with van der Waals surface area (Å²) in [5.41, 5.74) is -2.63. The summed E-state index contributed by atoms with van der Waals surface area (Å²) in [5, 5.41) is 4.75. The molecule has 0 aromatic rings. The summed E-state index contributed by atoms with van der Waals surface area (Å²) in [6, 6.07) is 0. The second-order valence-corrected chi connectivity index (χ2v) is 9.23. The van der Waals surface area contributed by atoms with Gasteiger partial charge in [0.05, 0.1) is 6.42 Å². The van der Waals surface area contributed by atoms with Crippen LogP contribution < -0.4 is 10.6 Å². The van der Waals surface area contributed by atoms with Gasteiger partial charge in [0.1, 0.15) is 6.61 Å². The van der Waals surface area contributed by atoms with Crippen LogP contribution in [0.4, 0.5) is 0 Å². The van der Waals surface area contributed by atoms with E-state index in [1.54, 1.807) is 5.32 Å². The van der Waals surface area contributed by atoms with Crippen LogP contribution >= 0.6 is 15.2 Å². The Hall–Kier alpha value is -0.840. The number of nitrogens with one attached hydrogen (secondary N) is 2. The Bertz CT molecular complexity index is 533. The molecule has 1 amide bonds. The molecule has 14 heteroatoms. The van der Waals surface area contributed by atoms with Crippen LogP contribution in [0.3, 0.4) is 0 Å². The number of nitrogens with zero attached hydrogens (tertiary/aromatic N) is 1. The summed E-state index contributed by atoms with van der Waals surface area (Å²) in [5.74, 6) is -1.76. The Labute approximate surface area is 144 Å². The number of hydrogen-bond acceptors (Lipinski definition) is 7. The van der Waals surface area contributed by atoms with Crippen LogP contribution in [0.2, 0.25) is 0 Å². The van der Waals surface area contributed by atoms with Crippen molar-refractivity contribution in [3.05, 3.63) is 0 Å². The molecule has 0 aromatic heterocycles. The van der Waals surface area contributed by atoms with Crippen molar-refractivity contribution in [2.24, 2.45) is 0 Å². The van der Waals surface area contributed by atoms with Gasteiger partial charge in [0, 0.05) is 39.1 Å². The van der Waals surface area contributed by atoms with E-state index in [9.17, 15) is 18.7 Å².